The largest absolute Gasteiger partial charge is 0.417 e. The van der Waals surface area contributed by atoms with Crippen LogP contribution in [0.15, 0.2) is 17.0 Å². The minimum Gasteiger partial charge on any atom is -0.348 e. The fourth-order valence-corrected chi connectivity index (χ4v) is 1.81. The van der Waals surface area contributed by atoms with E-state index >= 15 is 0 Å². The number of fused-ring (bicyclic) bond motifs is 1. The highest BCUT2D eigenvalue weighted by Crippen LogP contribution is 2.36. The highest BCUT2D eigenvalue weighted by molar-refractivity contribution is 7.80. The van der Waals surface area contributed by atoms with Crippen LogP contribution >= 0.6 is 12.6 Å². The minimum atomic E-state index is -4.43. The number of carbonyl (C=O) groups excluding carboxylic acids is 1. The van der Waals surface area contributed by atoms with Gasteiger partial charge in [0.2, 0.25) is 0 Å². The molecule has 1 aliphatic rings. The number of carbonyl (C=O) groups is 1. The topological polar surface area (TPSA) is 29.1 Å². The van der Waals surface area contributed by atoms with Gasteiger partial charge in [0, 0.05) is 17.0 Å². The number of nitrogens with one attached hydrogen (secondary N) is 1. The molecule has 0 aliphatic carbocycles. The standard InChI is InChI=1S/C9H6F3NOS/c10-9(11,12)6-1-4-3-13-8(14)5(4)2-7(6)15/h1-2,15H,3H2,(H,13,14). The molecule has 1 N–H and O–H groups in total. The normalized spacial score (nSPS) is 15.1. The third-order valence-electron chi connectivity index (χ3n) is 2.21. The number of alkyl halides is 3. The number of thiol groups is 1. The van der Waals surface area contributed by atoms with Crippen LogP contribution in [0.1, 0.15) is 21.5 Å². The van der Waals surface area contributed by atoms with Crippen molar-refractivity contribution in [3.8, 4) is 0 Å². The van der Waals surface area contributed by atoms with Crippen molar-refractivity contribution in [1.29, 1.82) is 0 Å². The van der Waals surface area contributed by atoms with E-state index in [0.717, 1.165) is 12.1 Å². The molecule has 1 aliphatic heterocycles. The van der Waals surface area contributed by atoms with Crippen LogP contribution in [-0.4, -0.2) is 5.91 Å². The van der Waals surface area contributed by atoms with Crippen molar-refractivity contribution < 1.29 is 18.0 Å². The van der Waals surface area contributed by atoms with E-state index in [4.69, 9.17) is 0 Å². The van der Waals surface area contributed by atoms with E-state index in [0.29, 0.717) is 5.56 Å². The number of benzene rings is 1. The van der Waals surface area contributed by atoms with Crippen molar-refractivity contribution in [3.05, 3.63) is 28.8 Å². The molecule has 0 radical (unpaired) electrons. The Kier molecular flexibility index (Phi) is 2.18. The molecule has 15 heavy (non-hydrogen) atoms. The van der Waals surface area contributed by atoms with Gasteiger partial charge >= 0.3 is 6.18 Å². The summed E-state index contributed by atoms with van der Waals surface area (Å²) in [7, 11) is 0. The summed E-state index contributed by atoms with van der Waals surface area (Å²) in [6, 6.07) is 2.12. The molecular formula is C9H6F3NOS. The van der Waals surface area contributed by atoms with Crippen LogP contribution in [0.3, 0.4) is 0 Å². The second kappa shape index (κ2) is 3.16. The van der Waals surface area contributed by atoms with Gasteiger partial charge in [-0.05, 0) is 17.7 Å². The van der Waals surface area contributed by atoms with Crippen molar-refractivity contribution in [2.75, 3.05) is 0 Å². The maximum atomic E-state index is 12.5. The Morgan fingerprint density at radius 1 is 1.33 bits per heavy atom. The number of halogens is 3. The lowest BCUT2D eigenvalue weighted by Crippen LogP contribution is -2.12. The third-order valence-corrected chi connectivity index (χ3v) is 2.58. The average Bonchev–Trinajstić information content (AvgIpc) is 2.45. The molecule has 1 heterocycles. The molecule has 0 saturated carbocycles. The molecule has 0 fully saturated rings. The van der Waals surface area contributed by atoms with Gasteiger partial charge in [0.05, 0.1) is 5.56 Å². The minimum absolute atomic E-state index is 0.144. The Labute approximate surface area is 88.9 Å². The fourth-order valence-electron chi connectivity index (χ4n) is 1.49. The van der Waals surface area contributed by atoms with Gasteiger partial charge in [-0.15, -0.1) is 12.6 Å². The Hall–Kier alpha value is -1.17. The maximum absolute atomic E-state index is 12.5. The molecule has 2 rings (SSSR count). The van der Waals surface area contributed by atoms with E-state index in [-0.39, 0.29) is 22.9 Å². The van der Waals surface area contributed by atoms with Gasteiger partial charge in [0.25, 0.3) is 5.91 Å². The predicted octanol–water partition coefficient (Wildman–Crippen LogP) is 2.24. The summed E-state index contributed by atoms with van der Waals surface area (Å²) in [5.74, 6) is -0.353. The molecule has 0 bridgehead atoms. The first-order valence-electron chi connectivity index (χ1n) is 4.11. The van der Waals surface area contributed by atoms with Crippen LogP contribution in [0.2, 0.25) is 0 Å². The molecule has 1 aromatic rings. The van der Waals surface area contributed by atoms with Gasteiger partial charge in [0.15, 0.2) is 0 Å². The monoisotopic (exact) mass is 233 g/mol. The van der Waals surface area contributed by atoms with Gasteiger partial charge in [-0.3, -0.25) is 4.79 Å². The molecule has 1 amide bonds. The van der Waals surface area contributed by atoms with Crippen LogP contribution < -0.4 is 5.32 Å². The van der Waals surface area contributed by atoms with E-state index in [1.165, 1.54) is 0 Å². The summed E-state index contributed by atoms with van der Waals surface area (Å²) in [5, 5.41) is 2.45. The first-order chi connectivity index (χ1) is 6.89. The van der Waals surface area contributed by atoms with E-state index in [2.05, 4.69) is 17.9 Å². The van der Waals surface area contributed by atoms with Crippen LogP contribution in [0.4, 0.5) is 13.2 Å². The zero-order valence-corrected chi connectivity index (χ0v) is 8.25. The molecule has 0 atom stereocenters. The molecule has 2 nitrogen and oxygen atoms in total. The average molecular weight is 233 g/mol. The lowest BCUT2D eigenvalue weighted by molar-refractivity contribution is -0.139. The van der Waals surface area contributed by atoms with Gasteiger partial charge in [-0.1, -0.05) is 0 Å². The third kappa shape index (κ3) is 1.69. The SMILES string of the molecule is O=C1NCc2cc(C(F)(F)F)c(S)cc21. The lowest BCUT2D eigenvalue weighted by atomic mass is 10.1. The summed E-state index contributed by atoms with van der Waals surface area (Å²) >= 11 is 3.73. The van der Waals surface area contributed by atoms with Gasteiger partial charge in [0.1, 0.15) is 0 Å². The van der Waals surface area contributed by atoms with E-state index in [1.807, 2.05) is 0 Å². The van der Waals surface area contributed by atoms with Crippen LogP contribution in [-0.2, 0) is 12.7 Å². The van der Waals surface area contributed by atoms with Crippen molar-refractivity contribution >= 4 is 18.5 Å². The highest BCUT2D eigenvalue weighted by Gasteiger charge is 2.35. The lowest BCUT2D eigenvalue weighted by Gasteiger charge is -2.10. The van der Waals surface area contributed by atoms with E-state index < -0.39 is 11.7 Å². The van der Waals surface area contributed by atoms with E-state index in [1.54, 1.807) is 0 Å². The number of amides is 1. The Bertz CT molecular complexity index is 442. The number of hydrogen-bond acceptors (Lipinski definition) is 2. The van der Waals surface area contributed by atoms with Crippen LogP contribution in [0.5, 0.6) is 0 Å². The highest BCUT2D eigenvalue weighted by atomic mass is 32.1. The fraction of sp³-hybridized carbons (Fsp3) is 0.222. The first-order valence-corrected chi connectivity index (χ1v) is 4.55. The second-order valence-electron chi connectivity index (χ2n) is 3.21. The Morgan fingerprint density at radius 3 is 2.60 bits per heavy atom. The summed E-state index contributed by atoms with van der Waals surface area (Å²) < 4.78 is 37.4. The molecule has 0 unspecified atom stereocenters. The second-order valence-corrected chi connectivity index (χ2v) is 3.69. The van der Waals surface area contributed by atoms with Crippen LogP contribution in [0.25, 0.3) is 0 Å². The van der Waals surface area contributed by atoms with Crippen molar-refractivity contribution in [2.24, 2.45) is 0 Å². The zero-order valence-electron chi connectivity index (χ0n) is 7.35. The maximum Gasteiger partial charge on any atom is 0.417 e. The molecule has 0 spiro atoms. The van der Waals surface area contributed by atoms with Crippen molar-refractivity contribution in [2.45, 2.75) is 17.6 Å². The first kappa shape index (κ1) is 10.4. The smallest absolute Gasteiger partial charge is 0.348 e. The summed E-state index contributed by atoms with van der Waals surface area (Å²) in [6.07, 6.45) is -4.43. The number of hydrogen-bond donors (Lipinski definition) is 2. The molecule has 80 valence electrons. The molecular weight excluding hydrogens is 227 g/mol. The summed E-state index contributed by atoms with van der Waals surface area (Å²) in [6.45, 7) is 0.144. The van der Waals surface area contributed by atoms with Crippen molar-refractivity contribution in [3.63, 3.8) is 0 Å². The summed E-state index contributed by atoms with van der Waals surface area (Å²) in [5.41, 5.74) is -0.167. The quantitative estimate of drug-likeness (QED) is 0.661. The van der Waals surface area contributed by atoms with Crippen molar-refractivity contribution in [1.82, 2.24) is 5.32 Å². The molecule has 6 heteroatoms. The Morgan fingerprint density at radius 2 is 2.00 bits per heavy atom. The number of rotatable bonds is 0. The zero-order chi connectivity index (χ0) is 11.2. The molecule has 0 aromatic heterocycles. The molecule has 1 aromatic carbocycles. The van der Waals surface area contributed by atoms with Gasteiger partial charge in [-0.2, -0.15) is 13.2 Å². The van der Waals surface area contributed by atoms with Gasteiger partial charge in [-0.25, -0.2) is 0 Å². The van der Waals surface area contributed by atoms with E-state index in [9.17, 15) is 18.0 Å². The van der Waals surface area contributed by atoms with Crippen LogP contribution in [0, 0.1) is 0 Å². The summed E-state index contributed by atoms with van der Waals surface area (Å²) in [4.78, 5) is 10.9. The Balaban J connectivity index is 2.59. The molecule has 0 saturated heterocycles. The predicted molar refractivity (Wildman–Crippen MR) is 49.9 cm³/mol. The van der Waals surface area contributed by atoms with Gasteiger partial charge < -0.3 is 5.32 Å².